The summed E-state index contributed by atoms with van der Waals surface area (Å²) in [6.45, 7) is 15.9. The van der Waals surface area contributed by atoms with Gasteiger partial charge in [0.25, 0.3) is 0 Å². The van der Waals surface area contributed by atoms with Crippen LogP contribution in [0.1, 0.15) is 101 Å². The van der Waals surface area contributed by atoms with Gasteiger partial charge in [-0.25, -0.2) is 4.98 Å². The molecule has 40 heavy (non-hydrogen) atoms. The lowest BCUT2D eigenvalue weighted by Gasteiger charge is -2.42. The van der Waals surface area contributed by atoms with Crippen LogP contribution in [0.4, 0.5) is 11.6 Å². The summed E-state index contributed by atoms with van der Waals surface area (Å²) in [4.78, 5) is 11.8. The van der Waals surface area contributed by atoms with Crippen LogP contribution in [0.2, 0.25) is 0 Å². The molecule has 0 radical (unpaired) electrons. The van der Waals surface area contributed by atoms with Crippen LogP contribution in [0.3, 0.4) is 0 Å². The molecule has 1 aromatic carbocycles. The Morgan fingerprint density at radius 3 is 2.30 bits per heavy atom. The van der Waals surface area contributed by atoms with Gasteiger partial charge in [0.2, 0.25) is 11.8 Å². The molecule has 2 N–H and O–H groups in total. The lowest BCUT2D eigenvalue weighted by Crippen LogP contribution is -2.38. The summed E-state index contributed by atoms with van der Waals surface area (Å²) < 4.78 is 6.89. The molecule has 1 aliphatic carbocycles. The van der Waals surface area contributed by atoms with Crippen LogP contribution in [-0.4, -0.2) is 36.1 Å². The van der Waals surface area contributed by atoms with Crippen molar-refractivity contribution in [2.75, 3.05) is 36.8 Å². The molecule has 5 nitrogen and oxygen atoms in total. The summed E-state index contributed by atoms with van der Waals surface area (Å²) in [5.74, 6) is 3.93. The van der Waals surface area contributed by atoms with Gasteiger partial charge < -0.3 is 15.1 Å². The number of hydrogen-bond acceptors (Lipinski definition) is 6. The van der Waals surface area contributed by atoms with Crippen molar-refractivity contribution in [3.63, 3.8) is 0 Å². The Morgan fingerprint density at radius 2 is 1.70 bits per heavy atom. The van der Waals surface area contributed by atoms with E-state index in [4.69, 9.17) is 15.1 Å². The fraction of sp³-hybridized carbons (Fsp3) is 0.618. The van der Waals surface area contributed by atoms with Crippen molar-refractivity contribution in [3.05, 3.63) is 63.8 Å². The number of piperidine rings is 1. The second-order valence-electron chi connectivity index (χ2n) is 12.8. The highest BCUT2D eigenvalue weighted by Crippen LogP contribution is 2.49. The number of rotatable bonds is 10. The van der Waals surface area contributed by atoms with Crippen LogP contribution in [0.15, 0.2) is 46.2 Å². The minimum Gasteiger partial charge on any atom is -0.423 e. The zero-order valence-corrected chi connectivity index (χ0v) is 26.2. The molecule has 6 heteroatoms. The minimum absolute atomic E-state index is 0.109. The van der Waals surface area contributed by atoms with Crippen LogP contribution < -0.4 is 10.6 Å². The summed E-state index contributed by atoms with van der Waals surface area (Å²) in [6.07, 6.45) is 8.10. The maximum atomic E-state index is 6.89. The SMILES string of the molecule is CCN(CC)C(c1nc(Cc2ccccc2)c(N2CCC(C)CC2)o1)C1CCC(C(C)(C)c2sccc2N)CC1. The molecular formula is C34H50N4OS. The van der Waals surface area contributed by atoms with Crippen molar-refractivity contribution >= 4 is 22.9 Å². The number of thiophene rings is 1. The van der Waals surface area contributed by atoms with Crippen LogP contribution in [0.5, 0.6) is 0 Å². The second-order valence-corrected chi connectivity index (χ2v) is 13.8. The predicted octanol–water partition coefficient (Wildman–Crippen LogP) is 8.31. The van der Waals surface area contributed by atoms with Crippen LogP contribution >= 0.6 is 11.3 Å². The van der Waals surface area contributed by atoms with Gasteiger partial charge in [-0.3, -0.25) is 4.90 Å². The average molecular weight is 563 g/mol. The normalized spacial score (nSPS) is 21.7. The summed E-state index contributed by atoms with van der Waals surface area (Å²) in [5.41, 5.74) is 9.85. The van der Waals surface area contributed by atoms with Gasteiger partial charge in [-0.1, -0.05) is 65.0 Å². The van der Waals surface area contributed by atoms with E-state index in [0.29, 0.717) is 11.8 Å². The number of nitrogen functional groups attached to an aromatic ring is 1. The van der Waals surface area contributed by atoms with Gasteiger partial charge in [-0.2, -0.15) is 0 Å². The molecule has 1 atom stereocenters. The van der Waals surface area contributed by atoms with Crippen molar-refractivity contribution < 1.29 is 4.42 Å². The maximum absolute atomic E-state index is 6.89. The molecule has 2 aliphatic rings. The van der Waals surface area contributed by atoms with Crippen LogP contribution in [-0.2, 0) is 11.8 Å². The predicted molar refractivity (Wildman–Crippen MR) is 169 cm³/mol. The molecule has 218 valence electrons. The highest BCUT2D eigenvalue weighted by Gasteiger charge is 2.41. The molecule has 0 amide bonds. The van der Waals surface area contributed by atoms with E-state index < -0.39 is 0 Å². The Labute approximate surface area is 246 Å². The van der Waals surface area contributed by atoms with Gasteiger partial charge in [0.15, 0.2) is 0 Å². The van der Waals surface area contributed by atoms with Gasteiger partial charge >= 0.3 is 0 Å². The number of nitrogens with two attached hydrogens (primary N) is 1. The lowest BCUT2D eigenvalue weighted by molar-refractivity contribution is 0.0810. The molecule has 0 spiro atoms. The highest BCUT2D eigenvalue weighted by atomic mass is 32.1. The van der Waals surface area contributed by atoms with Gasteiger partial charge in [-0.15, -0.1) is 11.3 Å². The number of oxazole rings is 1. The summed E-state index contributed by atoms with van der Waals surface area (Å²) in [6, 6.07) is 13.1. The number of aromatic nitrogens is 1. The monoisotopic (exact) mass is 562 g/mol. The summed E-state index contributed by atoms with van der Waals surface area (Å²) >= 11 is 1.82. The summed E-state index contributed by atoms with van der Waals surface area (Å²) in [7, 11) is 0. The molecule has 3 heterocycles. The quantitative estimate of drug-likeness (QED) is 0.269. The van der Waals surface area contributed by atoms with Gasteiger partial charge in [0.05, 0.1) is 6.04 Å². The van der Waals surface area contributed by atoms with Crippen molar-refractivity contribution in [2.24, 2.45) is 17.8 Å². The zero-order valence-electron chi connectivity index (χ0n) is 25.4. The van der Waals surface area contributed by atoms with Crippen molar-refractivity contribution in [2.45, 2.75) is 91.0 Å². The van der Waals surface area contributed by atoms with E-state index in [9.17, 15) is 0 Å². The molecule has 1 aliphatic heterocycles. The molecular weight excluding hydrogens is 512 g/mol. The first kappa shape index (κ1) is 29.2. The first-order valence-electron chi connectivity index (χ1n) is 15.7. The second kappa shape index (κ2) is 12.7. The smallest absolute Gasteiger partial charge is 0.219 e. The molecule has 2 fully saturated rings. The third-order valence-corrected chi connectivity index (χ3v) is 11.2. The molecule has 2 aromatic heterocycles. The Hall–Kier alpha value is -2.31. The Morgan fingerprint density at radius 1 is 1.02 bits per heavy atom. The van der Waals surface area contributed by atoms with Crippen LogP contribution in [0, 0.1) is 17.8 Å². The topological polar surface area (TPSA) is 58.5 Å². The maximum Gasteiger partial charge on any atom is 0.219 e. The molecule has 1 unspecified atom stereocenters. The van der Waals surface area contributed by atoms with E-state index in [2.05, 4.69) is 86.2 Å². The highest BCUT2D eigenvalue weighted by molar-refractivity contribution is 7.10. The van der Waals surface area contributed by atoms with Gasteiger partial charge in [0.1, 0.15) is 5.69 Å². The molecule has 5 rings (SSSR count). The van der Waals surface area contributed by atoms with Crippen LogP contribution in [0.25, 0.3) is 0 Å². The summed E-state index contributed by atoms with van der Waals surface area (Å²) in [5, 5.41) is 2.14. The van der Waals surface area contributed by atoms with E-state index in [-0.39, 0.29) is 11.5 Å². The molecule has 1 saturated heterocycles. The van der Waals surface area contributed by atoms with E-state index in [1.807, 2.05) is 11.3 Å². The van der Waals surface area contributed by atoms with E-state index in [0.717, 1.165) is 61.7 Å². The third-order valence-electron chi connectivity index (χ3n) is 9.96. The largest absolute Gasteiger partial charge is 0.423 e. The average Bonchev–Trinajstić information content (AvgIpc) is 3.59. The minimum atomic E-state index is 0.109. The first-order valence-corrected chi connectivity index (χ1v) is 16.6. The van der Waals surface area contributed by atoms with Crippen molar-refractivity contribution in [3.8, 4) is 0 Å². The zero-order chi connectivity index (χ0) is 28.3. The first-order chi connectivity index (χ1) is 19.3. The number of benzene rings is 1. The van der Waals surface area contributed by atoms with E-state index in [1.165, 1.54) is 49.0 Å². The standard InChI is InChI=1S/C34H50N4OS/c1-6-37(7-2)30(26-13-15-27(16-14-26)34(4,5)31-28(35)19-22-40-31)32-36-29(23-25-11-9-8-10-12-25)33(39-32)38-20-17-24(3)18-21-38/h8-12,19,22,24,26-27,30H,6-7,13-18,20-21,23,35H2,1-5H3. The Balaban J connectivity index is 1.42. The van der Waals surface area contributed by atoms with Gasteiger partial charge in [0, 0.05) is 35.5 Å². The van der Waals surface area contributed by atoms with Gasteiger partial charge in [-0.05, 0) is 86.4 Å². The fourth-order valence-electron chi connectivity index (χ4n) is 7.31. The van der Waals surface area contributed by atoms with E-state index >= 15 is 0 Å². The molecule has 3 aromatic rings. The lowest BCUT2D eigenvalue weighted by atomic mass is 9.66. The number of hydrogen-bond donors (Lipinski definition) is 1. The third kappa shape index (κ3) is 6.13. The fourth-order valence-corrected chi connectivity index (χ4v) is 8.33. The Bertz CT molecular complexity index is 1200. The Kier molecular flexibility index (Phi) is 9.26. The molecule has 1 saturated carbocycles. The number of nitrogens with zero attached hydrogens (tertiary/aromatic N) is 3. The molecule has 0 bridgehead atoms. The van der Waals surface area contributed by atoms with E-state index in [1.54, 1.807) is 0 Å². The van der Waals surface area contributed by atoms with Crippen molar-refractivity contribution in [1.29, 1.82) is 0 Å². The number of anilines is 2. The van der Waals surface area contributed by atoms with Crippen molar-refractivity contribution in [1.82, 2.24) is 9.88 Å².